The van der Waals surface area contributed by atoms with Crippen molar-refractivity contribution >= 4 is 11.9 Å². The average Bonchev–Trinajstić information content (AvgIpc) is 2.72. The summed E-state index contributed by atoms with van der Waals surface area (Å²) in [5, 5.41) is 3.25. The van der Waals surface area contributed by atoms with Gasteiger partial charge in [-0.05, 0) is 44.4 Å². The van der Waals surface area contributed by atoms with E-state index in [1.807, 2.05) is 74.2 Å². The van der Waals surface area contributed by atoms with Gasteiger partial charge in [0.05, 0.1) is 0 Å². The second-order valence-electron chi connectivity index (χ2n) is 7.39. The van der Waals surface area contributed by atoms with E-state index in [9.17, 15) is 4.79 Å². The van der Waals surface area contributed by atoms with Gasteiger partial charge in [-0.25, -0.2) is 9.97 Å². The Morgan fingerprint density at radius 1 is 0.966 bits per heavy atom. The second kappa shape index (κ2) is 9.82. The molecule has 1 N–H and O–H groups in total. The predicted molar refractivity (Wildman–Crippen MR) is 117 cm³/mol. The highest BCUT2D eigenvalue weighted by Crippen LogP contribution is 2.14. The monoisotopic (exact) mass is 388 g/mol. The van der Waals surface area contributed by atoms with E-state index in [-0.39, 0.29) is 11.9 Å². The van der Waals surface area contributed by atoms with Gasteiger partial charge in [-0.1, -0.05) is 60.7 Å². The molecular formula is C24H28N4O. The molecule has 0 bridgehead atoms. The van der Waals surface area contributed by atoms with Crippen molar-refractivity contribution in [2.75, 3.05) is 11.9 Å². The Balaban J connectivity index is 1.71. The highest BCUT2D eigenvalue weighted by molar-refractivity contribution is 5.92. The van der Waals surface area contributed by atoms with Gasteiger partial charge in [-0.2, -0.15) is 0 Å². The first-order valence-corrected chi connectivity index (χ1v) is 10.0. The molecule has 3 rings (SSSR count). The summed E-state index contributed by atoms with van der Waals surface area (Å²) in [4.78, 5) is 24.0. The summed E-state index contributed by atoms with van der Waals surface area (Å²) >= 11 is 0. The van der Waals surface area contributed by atoms with Crippen LogP contribution in [-0.2, 0) is 13.0 Å². The van der Waals surface area contributed by atoms with Gasteiger partial charge in [-0.3, -0.25) is 4.79 Å². The SMILES string of the molecule is Cc1cc(C(=O)N(Cc2ccccc2)C(C)C)nc(NCCc2ccccc2)n1. The van der Waals surface area contributed by atoms with Gasteiger partial charge >= 0.3 is 0 Å². The Morgan fingerprint density at radius 3 is 2.21 bits per heavy atom. The summed E-state index contributed by atoms with van der Waals surface area (Å²) in [6.45, 7) is 7.19. The fourth-order valence-corrected chi connectivity index (χ4v) is 3.14. The number of nitrogens with zero attached hydrogens (tertiary/aromatic N) is 3. The van der Waals surface area contributed by atoms with Gasteiger partial charge in [0.15, 0.2) is 0 Å². The third kappa shape index (κ3) is 5.88. The molecule has 0 fully saturated rings. The van der Waals surface area contributed by atoms with Gasteiger partial charge in [0, 0.05) is 24.8 Å². The minimum absolute atomic E-state index is 0.0625. The zero-order chi connectivity index (χ0) is 20.6. The van der Waals surface area contributed by atoms with Crippen LogP contribution in [0.2, 0.25) is 0 Å². The summed E-state index contributed by atoms with van der Waals surface area (Å²) in [5.74, 6) is 0.410. The van der Waals surface area contributed by atoms with E-state index in [1.165, 1.54) is 5.56 Å². The molecule has 0 radical (unpaired) electrons. The van der Waals surface area contributed by atoms with E-state index in [0.29, 0.717) is 24.7 Å². The van der Waals surface area contributed by atoms with Gasteiger partial charge in [-0.15, -0.1) is 0 Å². The lowest BCUT2D eigenvalue weighted by atomic mass is 10.1. The minimum atomic E-state index is -0.0829. The molecule has 1 amide bonds. The van der Waals surface area contributed by atoms with Gasteiger partial charge in [0.1, 0.15) is 5.69 Å². The molecule has 0 unspecified atom stereocenters. The first kappa shape index (κ1) is 20.5. The van der Waals surface area contributed by atoms with Crippen LogP contribution in [0.25, 0.3) is 0 Å². The quantitative estimate of drug-likeness (QED) is 0.618. The standard InChI is InChI=1S/C24H28N4O/c1-18(2)28(17-21-12-8-5-9-13-21)23(29)22-16-19(3)26-24(27-22)25-15-14-20-10-6-4-7-11-20/h4-13,16,18H,14-15,17H2,1-3H3,(H,25,26,27). The Bertz CT molecular complexity index is 926. The Labute approximate surface area is 172 Å². The molecule has 5 nitrogen and oxygen atoms in total. The Kier molecular flexibility index (Phi) is 6.95. The van der Waals surface area contributed by atoms with Crippen molar-refractivity contribution in [3.05, 3.63) is 89.2 Å². The molecule has 0 aliphatic carbocycles. The van der Waals surface area contributed by atoms with Crippen molar-refractivity contribution in [1.82, 2.24) is 14.9 Å². The van der Waals surface area contributed by atoms with Crippen LogP contribution in [0.5, 0.6) is 0 Å². The summed E-state index contributed by atoms with van der Waals surface area (Å²) in [6.07, 6.45) is 0.869. The third-order valence-electron chi connectivity index (χ3n) is 4.69. The van der Waals surface area contributed by atoms with Crippen LogP contribution in [0, 0.1) is 6.92 Å². The molecule has 5 heteroatoms. The van der Waals surface area contributed by atoms with Gasteiger partial charge in [0.2, 0.25) is 5.95 Å². The largest absolute Gasteiger partial charge is 0.354 e. The summed E-state index contributed by atoms with van der Waals surface area (Å²) in [6, 6.07) is 22.1. The second-order valence-corrected chi connectivity index (χ2v) is 7.39. The van der Waals surface area contributed by atoms with Crippen molar-refractivity contribution in [3.8, 4) is 0 Å². The number of amides is 1. The highest BCUT2D eigenvalue weighted by Gasteiger charge is 2.21. The summed E-state index contributed by atoms with van der Waals surface area (Å²) in [5.41, 5.74) is 3.54. The molecule has 1 heterocycles. The molecule has 3 aromatic rings. The molecule has 1 aromatic heterocycles. The van der Waals surface area contributed by atoms with Crippen LogP contribution in [0.1, 0.15) is 41.2 Å². The van der Waals surface area contributed by atoms with Crippen molar-refractivity contribution < 1.29 is 4.79 Å². The predicted octanol–water partition coefficient (Wildman–Crippen LogP) is 4.49. The lowest BCUT2D eigenvalue weighted by Crippen LogP contribution is -2.37. The number of aryl methyl sites for hydroxylation is 1. The molecule has 0 aliphatic rings. The van der Waals surface area contributed by atoms with Crippen molar-refractivity contribution in [2.24, 2.45) is 0 Å². The number of rotatable bonds is 8. The highest BCUT2D eigenvalue weighted by atomic mass is 16.2. The maximum atomic E-state index is 13.2. The smallest absolute Gasteiger partial charge is 0.273 e. The summed E-state index contributed by atoms with van der Waals surface area (Å²) in [7, 11) is 0. The number of hydrogen-bond donors (Lipinski definition) is 1. The molecule has 2 aromatic carbocycles. The lowest BCUT2D eigenvalue weighted by molar-refractivity contribution is 0.0684. The number of carbonyl (C=O) groups excluding carboxylic acids is 1. The maximum Gasteiger partial charge on any atom is 0.273 e. The molecule has 29 heavy (non-hydrogen) atoms. The normalized spacial score (nSPS) is 10.8. The number of anilines is 1. The molecule has 0 spiro atoms. The lowest BCUT2D eigenvalue weighted by Gasteiger charge is -2.26. The molecule has 0 atom stereocenters. The van der Waals surface area contributed by atoms with E-state index >= 15 is 0 Å². The van der Waals surface area contributed by atoms with E-state index in [2.05, 4.69) is 27.4 Å². The summed E-state index contributed by atoms with van der Waals surface area (Å²) < 4.78 is 0. The van der Waals surface area contributed by atoms with E-state index in [4.69, 9.17) is 0 Å². The van der Waals surface area contributed by atoms with E-state index in [0.717, 1.165) is 17.7 Å². The van der Waals surface area contributed by atoms with E-state index in [1.54, 1.807) is 6.07 Å². The zero-order valence-electron chi connectivity index (χ0n) is 17.3. The first-order chi connectivity index (χ1) is 14.0. The van der Waals surface area contributed by atoms with Crippen LogP contribution in [0.15, 0.2) is 66.7 Å². The molecule has 150 valence electrons. The van der Waals surface area contributed by atoms with Gasteiger partial charge < -0.3 is 10.2 Å². The Morgan fingerprint density at radius 2 is 1.59 bits per heavy atom. The first-order valence-electron chi connectivity index (χ1n) is 10.0. The molecule has 0 saturated carbocycles. The maximum absolute atomic E-state index is 13.2. The molecule has 0 saturated heterocycles. The number of carbonyl (C=O) groups is 1. The Hall–Kier alpha value is -3.21. The van der Waals surface area contributed by atoms with Crippen molar-refractivity contribution in [2.45, 2.75) is 39.8 Å². The van der Waals surface area contributed by atoms with Crippen LogP contribution < -0.4 is 5.32 Å². The number of aromatic nitrogens is 2. The van der Waals surface area contributed by atoms with Crippen LogP contribution in [0.4, 0.5) is 5.95 Å². The number of hydrogen-bond acceptors (Lipinski definition) is 4. The van der Waals surface area contributed by atoms with E-state index < -0.39 is 0 Å². The fourth-order valence-electron chi connectivity index (χ4n) is 3.14. The average molecular weight is 389 g/mol. The molecule has 0 aliphatic heterocycles. The van der Waals surface area contributed by atoms with Crippen molar-refractivity contribution in [3.63, 3.8) is 0 Å². The van der Waals surface area contributed by atoms with Crippen LogP contribution in [0.3, 0.4) is 0 Å². The van der Waals surface area contributed by atoms with Gasteiger partial charge in [0.25, 0.3) is 5.91 Å². The van der Waals surface area contributed by atoms with Crippen molar-refractivity contribution in [1.29, 1.82) is 0 Å². The zero-order valence-corrected chi connectivity index (χ0v) is 17.3. The van der Waals surface area contributed by atoms with Crippen LogP contribution in [-0.4, -0.2) is 33.4 Å². The topological polar surface area (TPSA) is 58.1 Å². The van der Waals surface area contributed by atoms with Crippen LogP contribution >= 0.6 is 0 Å². The fraction of sp³-hybridized carbons (Fsp3) is 0.292. The number of benzene rings is 2. The number of nitrogens with one attached hydrogen (secondary N) is 1. The molecular weight excluding hydrogens is 360 g/mol. The third-order valence-corrected chi connectivity index (χ3v) is 4.69. The minimum Gasteiger partial charge on any atom is -0.354 e.